The van der Waals surface area contributed by atoms with Crippen molar-refractivity contribution in [1.82, 2.24) is 20.2 Å². The van der Waals surface area contributed by atoms with Crippen LogP contribution in [-0.2, 0) is 4.79 Å². The van der Waals surface area contributed by atoms with Gasteiger partial charge in [-0.1, -0.05) is 17.7 Å². The van der Waals surface area contributed by atoms with Crippen LogP contribution >= 0.6 is 11.6 Å². The van der Waals surface area contributed by atoms with E-state index >= 15 is 0 Å². The number of aromatic nitrogens is 4. The van der Waals surface area contributed by atoms with Gasteiger partial charge in [0.2, 0.25) is 5.95 Å². The van der Waals surface area contributed by atoms with Crippen molar-refractivity contribution in [3.63, 3.8) is 0 Å². The van der Waals surface area contributed by atoms with Crippen molar-refractivity contribution in [3.05, 3.63) is 51.8 Å². The molecule has 0 atom stereocenters. The maximum absolute atomic E-state index is 11.6. The predicted molar refractivity (Wildman–Crippen MR) is 119 cm³/mol. The summed E-state index contributed by atoms with van der Waals surface area (Å²) in [6.45, 7) is 6.11. The topological polar surface area (TPSA) is 95.6 Å². The normalized spacial score (nSPS) is 14.7. The number of aryl methyl sites for hydroxylation is 3. The third kappa shape index (κ3) is 4.46. The van der Waals surface area contributed by atoms with Crippen molar-refractivity contribution in [2.24, 2.45) is 0 Å². The molecule has 8 heteroatoms. The van der Waals surface area contributed by atoms with Gasteiger partial charge >= 0.3 is 0 Å². The number of nitrogens with one attached hydrogen (secondary N) is 3. The summed E-state index contributed by atoms with van der Waals surface area (Å²) in [5.41, 5.74) is 5.55. The number of aromatic amines is 1. The third-order valence-corrected chi connectivity index (χ3v) is 5.82. The molecule has 1 aliphatic rings. The molecule has 3 N–H and O–H groups in total. The van der Waals surface area contributed by atoms with Crippen molar-refractivity contribution >= 4 is 40.7 Å². The molecular weight excluding hydrogens is 400 g/mol. The number of hydrogen-bond donors (Lipinski definition) is 3. The zero-order valence-electron chi connectivity index (χ0n) is 17.3. The van der Waals surface area contributed by atoms with Crippen molar-refractivity contribution in [1.29, 1.82) is 0 Å². The second-order valence-corrected chi connectivity index (χ2v) is 8.32. The van der Waals surface area contributed by atoms with Gasteiger partial charge < -0.3 is 10.6 Å². The van der Waals surface area contributed by atoms with Crippen LogP contribution in [0.1, 0.15) is 54.0 Å². The van der Waals surface area contributed by atoms with E-state index in [2.05, 4.69) is 56.8 Å². The molecule has 7 nitrogen and oxygen atoms in total. The molecule has 0 radical (unpaired) electrons. The Morgan fingerprint density at radius 2 is 1.83 bits per heavy atom. The highest BCUT2D eigenvalue weighted by Crippen LogP contribution is 2.36. The predicted octanol–water partition coefficient (Wildman–Crippen LogP) is 5.49. The van der Waals surface area contributed by atoms with Gasteiger partial charge in [-0.05, 0) is 62.3 Å². The number of anilines is 4. The SMILES string of the molecule is Cc1cc(Nc2nc(Nc3cc(C)c(C4CCC(=O)CC4)cc3C)ncc2Cl)n[nH]1. The molecule has 2 aromatic heterocycles. The lowest BCUT2D eigenvalue weighted by molar-refractivity contribution is -0.120. The highest BCUT2D eigenvalue weighted by molar-refractivity contribution is 6.32. The molecule has 1 aliphatic carbocycles. The second-order valence-electron chi connectivity index (χ2n) is 7.91. The Bertz CT molecular complexity index is 1080. The van der Waals surface area contributed by atoms with Crippen LogP contribution in [0.5, 0.6) is 0 Å². The number of rotatable bonds is 5. The summed E-state index contributed by atoms with van der Waals surface area (Å²) in [7, 11) is 0. The van der Waals surface area contributed by atoms with E-state index in [0.29, 0.717) is 47.1 Å². The zero-order chi connectivity index (χ0) is 21.3. The van der Waals surface area contributed by atoms with Crippen molar-refractivity contribution < 1.29 is 4.79 Å². The van der Waals surface area contributed by atoms with Gasteiger partial charge in [0.05, 0.1) is 6.20 Å². The maximum Gasteiger partial charge on any atom is 0.229 e. The van der Waals surface area contributed by atoms with E-state index in [0.717, 1.165) is 29.8 Å². The monoisotopic (exact) mass is 424 g/mol. The van der Waals surface area contributed by atoms with E-state index < -0.39 is 0 Å². The van der Waals surface area contributed by atoms with Gasteiger partial charge in [-0.2, -0.15) is 10.1 Å². The van der Waals surface area contributed by atoms with E-state index in [-0.39, 0.29) is 0 Å². The number of ketones is 1. The zero-order valence-corrected chi connectivity index (χ0v) is 18.1. The molecule has 0 spiro atoms. The fraction of sp³-hybridized carbons (Fsp3) is 0.364. The summed E-state index contributed by atoms with van der Waals surface area (Å²) < 4.78 is 0. The largest absolute Gasteiger partial charge is 0.324 e. The smallest absolute Gasteiger partial charge is 0.229 e. The number of H-pyrrole nitrogens is 1. The molecule has 0 unspecified atom stereocenters. The molecule has 30 heavy (non-hydrogen) atoms. The van der Waals surface area contributed by atoms with Gasteiger partial charge in [0.25, 0.3) is 0 Å². The third-order valence-electron chi connectivity index (χ3n) is 5.54. The highest BCUT2D eigenvalue weighted by Gasteiger charge is 2.22. The standard InChI is InChI=1S/C22H25ClN6O/c1-12-9-19(13(2)8-17(12)15-4-6-16(30)7-5-15)25-22-24-11-18(23)21(27-22)26-20-10-14(3)28-29-20/h8-11,15H,4-7H2,1-3H3,(H3,24,25,26,27,28,29). The molecule has 0 bridgehead atoms. The van der Waals surface area contributed by atoms with E-state index in [1.807, 2.05) is 13.0 Å². The lowest BCUT2D eigenvalue weighted by Gasteiger charge is -2.24. The van der Waals surface area contributed by atoms with Gasteiger partial charge in [-0.15, -0.1) is 0 Å². The minimum Gasteiger partial charge on any atom is -0.324 e. The van der Waals surface area contributed by atoms with Crippen LogP contribution in [-0.4, -0.2) is 25.9 Å². The lowest BCUT2D eigenvalue weighted by Crippen LogP contribution is -2.13. The summed E-state index contributed by atoms with van der Waals surface area (Å²) >= 11 is 6.25. The number of hydrogen-bond acceptors (Lipinski definition) is 6. The first-order valence-corrected chi connectivity index (χ1v) is 10.5. The van der Waals surface area contributed by atoms with Gasteiger partial charge in [-0.25, -0.2) is 4.98 Å². The van der Waals surface area contributed by atoms with Gasteiger partial charge in [0, 0.05) is 30.3 Å². The average Bonchev–Trinajstić information content (AvgIpc) is 3.12. The first kappa shape index (κ1) is 20.3. The number of carbonyl (C=O) groups is 1. The molecule has 2 heterocycles. The Morgan fingerprint density at radius 1 is 1.07 bits per heavy atom. The minimum absolute atomic E-state index is 0.383. The Morgan fingerprint density at radius 3 is 2.53 bits per heavy atom. The molecule has 4 rings (SSSR count). The van der Waals surface area contributed by atoms with Crippen LogP contribution in [0.4, 0.5) is 23.3 Å². The van der Waals surface area contributed by atoms with Gasteiger partial charge in [0.15, 0.2) is 11.6 Å². The van der Waals surface area contributed by atoms with Crippen LogP contribution in [0, 0.1) is 20.8 Å². The van der Waals surface area contributed by atoms with Gasteiger partial charge in [0.1, 0.15) is 10.8 Å². The highest BCUT2D eigenvalue weighted by atomic mass is 35.5. The Hall–Kier alpha value is -2.93. The summed E-state index contributed by atoms with van der Waals surface area (Å²) in [6, 6.07) is 6.22. The molecule has 0 amide bonds. The van der Waals surface area contributed by atoms with Crippen LogP contribution in [0.15, 0.2) is 24.4 Å². The Kier molecular flexibility index (Phi) is 5.72. The number of halogens is 1. The van der Waals surface area contributed by atoms with Crippen molar-refractivity contribution in [2.75, 3.05) is 10.6 Å². The summed E-state index contributed by atoms with van der Waals surface area (Å²) in [4.78, 5) is 20.4. The molecule has 1 fully saturated rings. The van der Waals surface area contributed by atoms with E-state index in [9.17, 15) is 4.79 Å². The van der Waals surface area contributed by atoms with Crippen LogP contribution in [0.2, 0.25) is 5.02 Å². The lowest BCUT2D eigenvalue weighted by atomic mass is 9.81. The quantitative estimate of drug-likeness (QED) is 0.501. The minimum atomic E-state index is 0.383. The molecule has 156 valence electrons. The molecule has 3 aromatic rings. The fourth-order valence-corrected chi connectivity index (χ4v) is 4.04. The van der Waals surface area contributed by atoms with Crippen LogP contribution < -0.4 is 10.6 Å². The number of carbonyl (C=O) groups excluding carboxylic acids is 1. The Balaban J connectivity index is 1.54. The number of nitrogens with zero attached hydrogens (tertiary/aromatic N) is 3. The van der Waals surface area contributed by atoms with Crippen LogP contribution in [0.3, 0.4) is 0 Å². The first-order chi connectivity index (χ1) is 14.4. The maximum atomic E-state index is 11.6. The summed E-state index contributed by atoms with van der Waals surface area (Å²) in [6.07, 6.45) is 4.82. The number of Topliss-reactive ketones (excluding diaryl/α,β-unsaturated/α-hetero) is 1. The van der Waals surface area contributed by atoms with E-state index in [1.54, 1.807) is 6.20 Å². The summed E-state index contributed by atoms with van der Waals surface area (Å²) in [5.74, 6) is 2.41. The van der Waals surface area contributed by atoms with E-state index in [1.165, 1.54) is 11.1 Å². The van der Waals surface area contributed by atoms with Crippen molar-refractivity contribution in [2.45, 2.75) is 52.4 Å². The Labute approximate surface area is 180 Å². The molecular formula is C22H25ClN6O. The average molecular weight is 425 g/mol. The van der Waals surface area contributed by atoms with Crippen LogP contribution in [0.25, 0.3) is 0 Å². The summed E-state index contributed by atoms with van der Waals surface area (Å²) in [5, 5.41) is 13.9. The molecule has 1 aromatic carbocycles. The van der Waals surface area contributed by atoms with Crippen molar-refractivity contribution in [3.8, 4) is 0 Å². The molecule has 0 aliphatic heterocycles. The number of benzene rings is 1. The second kappa shape index (κ2) is 8.44. The van der Waals surface area contributed by atoms with E-state index in [4.69, 9.17) is 11.6 Å². The van der Waals surface area contributed by atoms with Gasteiger partial charge in [-0.3, -0.25) is 9.89 Å². The fourth-order valence-electron chi connectivity index (χ4n) is 3.90. The molecule has 1 saturated carbocycles. The first-order valence-electron chi connectivity index (χ1n) is 10.1. The molecule has 0 saturated heterocycles.